The lowest BCUT2D eigenvalue weighted by molar-refractivity contribution is 0.0963. The Labute approximate surface area is 102 Å². The molecule has 2 N–H and O–H groups in total. The van der Waals surface area contributed by atoms with Gasteiger partial charge in [-0.1, -0.05) is 0 Å². The van der Waals surface area contributed by atoms with Crippen molar-refractivity contribution in [2.24, 2.45) is 0 Å². The van der Waals surface area contributed by atoms with Gasteiger partial charge in [0.2, 0.25) is 0 Å². The number of hydrogen-bond acceptors (Lipinski definition) is 3. The maximum atomic E-state index is 11.3. The van der Waals surface area contributed by atoms with E-state index in [1.54, 1.807) is 19.2 Å². The third-order valence-electron chi connectivity index (χ3n) is 2.36. The summed E-state index contributed by atoms with van der Waals surface area (Å²) in [4.78, 5) is 11.3. The largest absolute Gasteiger partial charge is 0.380 e. The standard InChI is InChI=1S/C13H20N2O2/c1-4-17-9-10(2)15-12-7-5-11(6-8-12)13(16)14-3/h5-8,10,15H,4,9H2,1-3H3,(H,14,16). The second kappa shape index (κ2) is 6.91. The van der Waals surface area contributed by atoms with Crippen LogP contribution in [-0.2, 0) is 4.74 Å². The number of anilines is 1. The lowest BCUT2D eigenvalue weighted by atomic mass is 10.2. The van der Waals surface area contributed by atoms with Gasteiger partial charge in [-0.05, 0) is 38.1 Å². The highest BCUT2D eigenvalue weighted by molar-refractivity contribution is 5.94. The molecule has 0 aromatic heterocycles. The molecule has 1 aromatic carbocycles. The maximum absolute atomic E-state index is 11.3. The van der Waals surface area contributed by atoms with Gasteiger partial charge < -0.3 is 15.4 Å². The molecule has 4 nitrogen and oxygen atoms in total. The normalized spacial score (nSPS) is 11.9. The van der Waals surface area contributed by atoms with Gasteiger partial charge in [-0.25, -0.2) is 0 Å². The monoisotopic (exact) mass is 236 g/mol. The van der Waals surface area contributed by atoms with Crippen molar-refractivity contribution in [2.45, 2.75) is 19.9 Å². The van der Waals surface area contributed by atoms with Gasteiger partial charge in [-0.2, -0.15) is 0 Å². The van der Waals surface area contributed by atoms with Crippen LogP contribution >= 0.6 is 0 Å². The van der Waals surface area contributed by atoms with Crippen molar-refractivity contribution in [3.05, 3.63) is 29.8 Å². The van der Waals surface area contributed by atoms with Gasteiger partial charge in [-0.15, -0.1) is 0 Å². The summed E-state index contributed by atoms with van der Waals surface area (Å²) in [5.74, 6) is -0.0704. The van der Waals surface area contributed by atoms with Crippen LogP contribution in [0.4, 0.5) is 5.69 Å². The molecule has 0 bridgehead atoms. The van der Waals surface area contributed by atoms with Crippen molar-refractivity contribution in [2.75, 3.05) is 25.6 Å². The molecule has 1 amide bonds. The molecule has 1 aromatic rings. The minimum absolute atomic E-state index is 0.0704. The number of ether oxygens (including phenoxy) is 1. The molecule has 0 radical (unpaired) electrons. The van der Waals surface area contributed by atoms with Crippen molar-refractivity contribution in [3.8, 4) is 0 Å². The summed E-state index contributed by atoms with van der Waals surface area (Å²) in [6.45, 7) is 5.43. The molecule has 1 unspecified atom stereocenters. The predicted octanol–water partition coefficient (Wildman–Crippen LogP) is 1.88. The first-order valence-corrected chi connectivity index (χ1v) is 5.83. The molecule has 0 fully saturated rings. The second-order valence-corrected chi connectivity index (χ2v) is 3.86. The zero-order valence-corrected chi connectivity index (χ0v) is 10.6. The van der Waals surface area contributed by atoms with E-state index in [0.717, 1.165) is 12.3 Å². The summed E-state index contributed by atoms with van der Waals surface area (Å²) < 4.78 is 5.32. The lowest BCUT2D eigenvalue weighted by Crippen LogP contribution is -2.22. The minimum Gasteiger partial charge on any atom is -0.380 e. The Morgan fingerprint density at radius 3 is 2.53 bits per heavy atom. The fourth-order valence-electron chi connectivity index (χ4n) is 1.48. The first-order valence-electron chi connectivity index (χ1n) is 5.83. The summed E-state index contributed by atoms with van der Waals surface area (Å²) in [6, 6.07) is 7.64. The SMILES string of the molecule is CCOCC(C)Nc1ccc(C(=O)NC)cc1. The van der Waals surface area contributed by atoms with E-state index in [-0.39, 0.29) is 11.9 Å². The second-order valence-electron chi connectivity index (χ2n) is 3.86. The molecule has 0 spiro atoms. The van der Waals surface area contributed by atoms with E-state index in [4.69, 9.17) is 4.74 Å². The highest BCUT2D eigenvalue weighted by Crippen LogP contribution is 2.10. The molecule has 0 saturated carbocycles. The van der Waals surface area contributed by atoms with Gasteiger partial charge in [0.15, 0.2) is 0 Å². The van der Waals surface area contributed by atoms with Crippen LogP contribution in [0.5, 0.6) is 0 Å². The van der Waals surface area contributed by atoms with Crippen LogP contribution in [0.15, 0.2) is 24.3 Å². The van der Waals surface area contributed by atoms with E-state index in [9.17, 15) is 4.79 Å². The molecule has 94 valence electrons. The zero-order chi connectivity index (χ0) is 12.7. The molecule has 1 atom stereocenters. The topological polar surface area (TPSA) is 50.4 Å². The van der Waals surface area contributed by atoms with Gasteiger partial charge in [0.25, 0.3) is 5.91 Å². The van der Waals surface area contributed by atoms with Crippen LogP contribution in [0.1, 0.15) is 24.2 Å². The van der Waals surface area contributed by atoms with Crippen molar-refractivity contribution >= 4 is 11.6 Å². The van der Waals surface area contributed by atoms with Gasteiger partial charge >= 0.3 is 0 Å². The number of hydrogen-bond donors (Lipinski definition) is 2. The van der Waals surface area contributed by atoms with E-state index in [0.29, 0.717) is 12.2 Å². The van der Waals surface area contributed by atoms with Crippen LogP contribution in [0.3, 0.4) is 0 Å². The predicted molar refractivity (Wildman–Crippen MR) is 69.4 cm³/mol. The molecule has 4 heteroatoms. The molecular weight excluding hydrogens is 216 g/mol. The summed E-state index contributed by atoms with van der Waals surface area (Å²) in [7, 11) is 1.62. The van der Waals surface area contributed by atoms with Crippen LogP contribution in [-0.4, -0.2) is 32.2 Å². The van der Waals surface area contributed by atoms with Crippen molar-refractivity contribution in [3.63, 3.8) is 0 Å². The fraction of sp³-hybridized carbons (Fsp3) is 0.462. The highest BCUT2D eigenvalue weighted by Gasteiger charge is 2.04. The van der Waals surface area contributed by atoms with Gasteiger partial charge in [-0.3, -0.25) is 4.79 Å². The van der Waals surface area contributed by atoms with Crippen LogP contribution in [0.25, 0.3) is 0 Å². The molecule has 17 heavy (non-hydrogen) atoms. The van der Waals surface area contributed by atoms with Crippen molar-refractivity contribution in [1.29, 1.82) is 0 Å². The van der Waals surface area contributed by atoms with E-state index in [2.05, 4.69) is 17.6 Å². The number of benzene rings is 1. The van der Waals surface area contributed by atoms with E-state index >= 15 is 0 Å². The fourth-order valence-corrected chi connectivity index (χ4v) is 1.48. The summed E-state index contributed by atoms with van der Waals surface area (Å²) in [6.07, 6.45) is 0. The maximum Gasteiger partial charge on any atom is 0.251 e. The van der Waals surface area contributed by atoms with Crippen molar-refractivity contribution < 1.29 is 9.53 Å². The van der Waals surface area contributed by atoms with Crippen LogP contribution < -0.4 is 10.6 Å². The average molecular weight is 236 g/mol. The van der Waals surface area contributed by atoms with Gasteiger partial charge in [0, 0.05) is 30.9 Å². The first kappa shape index (κ1) is 13.5. The lowest BCUT2D eigenvalue weighted by Gasteiger charge is -2.15. The Morgan fingerprint density at radius 2 is 2.00 bits per heavy atom. The van der Waals surface area contributed by atoms with Crippen LogP contribution in [0.2, 0.25) is 0 Å². The van der Waals surface area contributed by atoms with Gasteiger partial charge in [0.1, 0.15) is 0 Å². The molecule has 1 rings (SSSR count). The number of carbonyl (C=O) groups is 1. The number of rotatable bonds is 6. The molecule has 0 aliphatic carbocycles. The minimum atomic E-state index is -0.0704. The number of amides is 1. The summed E-state index contributed by atoms with van der Waals surface area (Å²) in [5.41, 5.74) is 1.65. The van der Waals surface area contributed by atoms with Crippen molar-refractivity contribution in [1.82, 2.24) is 5.32 Å². The Bertz CT molecular complexity index is 349. The smallest absolute Gasteiger partial charge is 0.251 e. The third-order valence-corrected chi connectivity index (χ3v) is 2.36. The summed E-state index contributed by atoms with van der Waals surface area (Å²) in [5, 5.41) is 5.89. The number of carbonyl (C=O) groups excluding carboxylic acids is 1. The quantitative estimate of drug-likeness (QED) is 0.793. The molecule has 0 heterocycles. The van der Waals surface area contributed by atoms with Gasteiger partial charge in [0.05, 0.1) is 6.61 Å². The zero-order valence-electron chi connectivity index (χ0n) is 10.6. The summed E-state index contributed by atoms with van der Waals surface area (Å²) >= 11 is 0. The molecule has 0 saturated heterocycles. The Morgan fingerprint density at radius 1 is 1.35 bits per heavy atom. The first-order chi connectivity index (χ1) is 8.17. The molecular formula is C13H20N2O2. The van der Waals surface area contributed by atoms with E-state index in [1.807, 2.05) is 19.1 Å². The Hall–Kier alpha value is -1.55. The van der Waals surface area contributed by atoms with E-state index in [1.165, 1.54) is 0 Å². The Kier molecular flexibility index (Phi) is 5.49. The van der Waals surface area contributed by atoms with Crippen LogP contribution in [0, 0.1) is 0 Å². The highest BCUT2D eigenvalue weighted by atomic mass is 16.5. The Balaban J connectivity index is 2.53. The van der Waals surface area contributed by atoms with E-state index < -0.39 is 0 Å². The average Bonchev–Trinajstić information content (AvgIpc) is 2.36. The third kappa shape index (κ3) is 4.44. The molecule has 0 aliphatic heterocycles. The molecule has 0 aliphatic rings. The number of nitrogens with one attached hydrogen (secondary N) is 2.